The number of carbonyl (C=O) groups excluding carboxylic acids is 1. The average molecular weight is 505 g/mol. The number of hydrogen-bond donors (Lipinski definition) is 2. The molecule has 5 nitrogen and oxygen atoms in total. The van der Waals surface area contributed by atoms with Gasteiger partial charge in [-0.2, -0.15) is 0 Å². The van der Waals surface area contributed by atoms with Gasteiger partial charge in [0.25, 0.3) is 0 Å². The highest BCUT2D eigenvalue weighted by atomic mass is 35.5. The molecule has 34 heavy (non-hydrogen) atoms. The summed E-state index contributed by atoms with van der Waals surface area (Å²) in [7, 11) is 0. The standard InChI is InChI=1S/C26H27Cl2FN2O3/c1-4-33-24-12-17(14-30-18-8-10-19(11-9-18)31-26(32)16(2)3)22(28)13-25(24)34-15-20-21(27)6-5-7-23(20)29/h5-13,16,30H,4,14-15H2,1-3H3,(H,31,32). The lowest BCUT2D eigenvalue weighted by atomic mass is 10.1. The Balaban J connectivity index is 1.69. The lowest BCUT2D eigenvalue weighted by Gasteiger charge is -2.16. The van der Waals surface area contributed by atoms with E-state index in [9.17, 15) is 9.18 Å². The average Bonchev–Trinajstić information content (AvgIpc) is 2.80. The minimum atomic E-state index is -0.438. The monoisotopic (exact) mass is 504 g/mol. The maximum atomic E-state index is 14.1. The molecule has 3 aromatic carbocycles. The van der Waals surface area contributed by atoms with Crippen LogP contribution >= 0.6 is 23.2 Å². The van der Waals surface area contributed by atoms with Crippen LogP contribution < -0.4 is 20.1 Å². The largest absolute Gasteiger partial charge is 0.490 e. The van der Waals surface area contributed by atoms with Gasteiger partial charge in [0.15, 0.2) is 11.5 Å². The fourth-order valence-corrected chi connectivity index (χ4v) is 3.51. The molecule has 0 aliphatic rings. The summed E-state index contributed by atoms with van der Waals surface area (Å²) in [6.07, 6.45) is 0. The Morgan fingerprint density at radius 1 is 0.971 bits per heavy atom. The van der Waals surface area contributed by atoms with E-state index in [0.717, 1.165) is 16.9 Å². The summed E-state index contributed by atoms with van der Waals surface area (Å²) < 4.78 is 25.6. The molecule has 0 heterocycles. The summed E-state index contributed by atoms with van der Waals surface area (Å²) in [5.74, 6) is 0.348. The molecule has 0 atom stereocenters. The van der Waals surface area contributed by atoms with Crippen LogP contribution in [-0.4, -0.2) is 12.5 Å². The first-order chi connectivity index (χ1) is 16.3. The number of amides is 1. The van der Waals surface area contributed by atoms with Crippen molar-refractivity contribution in [1.82, 2.24) is 0 Å². The van der Waals surface area contributed by atoms with Crippen LogP contribution in [0.5, 0.6) is 11.5 Å². The van der Waals surface area contributed by atoms with E-state index in [1.165, 1.54) is 6.07 Å². The number of hydrogen-bond acceptors (Lipinski definition) is 4. The van der Waals surface area contributed by atoms with Crippen LogP contribution in [0.3, 0.4) is 0 Å². The number of anilines is 2. The summed E-state index contributed by atoms with van der Waals surface area (Å²) >= 11 is 12.6. The second kappa shape index (κ2) is 12.0. The van der Waals surface area contributed by atoms with Gasteiger partial charge in [-0.05, 0) is 55.0 Å². The minimum absolute atomic E-state index is 0.0319. The van der Waals surface area contributed by atoms with Crippen LogP contribution in [0.2, 0.25) is 10.0 Å². The van der Waals surface area contributed by atoms with Crippen molar-refractivity contribution in [2.75, 3.05) is 17.2 Å². The molecule has 0 aliphatic heterocycles. The Kier molecular flexibility index (Phi) is 9.02. The second-order valence-electron chi connectivity index (χ2n) is 7.89. The highest BCUT2D eigenvalue weighted by Gasteiger charge is 2.14. The minimum Gasteiger partial charge on any atom is -0.490 e. The van der Waals surface area contributed by atoms with Crippen molar-refractivity contribution in [2.45, 2.75) is 33.9 Å². The van der Waals surface area contributed by atoms with Crippen molar-refractivity contribution in [3.05, 3.63) is 81.6 Å². The molecule has 0 aromatic heterocycles. The van der Waals surface area contributed by atoms with Gasteiger partial charge in [0.1, 0.15) is 12.4 Å². The smallest absolute Gasteiger partial charge is 0.226 e. The highest BCUT2D eigenvalue weighted by molar-refractivity contribution is 6.31. The zero-order valence-corrected chi connectivity index (χ0v) is 20.8. The fraction of sp³-hybridized carbons (Fsp3) is 0.269. The quantitative estimate of drug-likeness (QED) is 0.303. The molecule has 180 valence electrons. The third-order valence-electron chi connectivity index (χ3n) is 5.01. The van der Waals surface area contributed by atoms with Crippen molar-refractivity contribution in [3.63, 3.8) is 0 Å². The van der Waals surface area contributed by atoms with Crippen LogP contribution in [0, 0.1) is 11.7 Å². The zero-order valence-electron chi connectivity index (χ0n) is 19.3. The number of halogens is 3. The highest BCUT2D eigenvalue weighted by Crippen LogP contribution is 2.35. The molecule has 0 saturated heterocycles. The molecular weight excluding hydrogens is 478 g/mol. The lowest BCUT2D eigenvalue weighted by Crippen LogP contribution is -2.17. The molecule has 0 fully saturated rings. The number of carbonyl (C=O) groups is 1. The van der Waals surface area contributed by atoms with Crippen molar-refractivity contribution in [1.29, 1.82) is 0 Å². The number of nitrogens with one attached hydrogen (secondary N) is 2. The van der Waals surface area contributed by atoms with E-state index in [4.69, 9.17) is 32.7 Å². The van der Waals surface area contributed by atoms with E-state index in [0.29, 0.717) is 34.7 Å². The topological polar surface area (TPSA) is 59.6 Å². The predicted molar refractivity (Wildman–Crippen MR) is 136 cm³/mol. The van der Waals surface area contributed by atoms with Gasteiger partial charge in [-0.3, -0.25) is 4.79 Å². The van der Waals surface area contributed by atoms with Gasteiger partial charge < -0.3 is 20.1 Å². The molecule has 0 aliphatic carbocycles. The molecule has 0 saturated carbocycles. The molecule has 0 radical (unpaired) electrons. The molecule has 0 bridgehead atoms. The Hall–Kier alpha value is -2.96. The summed E-state index contributed by atoms with van der Waals surface area (Å²) in [6.45, 7) is 6.36. The van der Waals surface area contributed by atoms with E-state index in [-0.39, 0.29) is 24.0 Å². The molecule has 8 heteroatoms. The van der Waals surface area contributed by atoms with Crippen LogP contribution in [0.25, 0.3) is 0 Å². The number of ether oxygens (including phenoxy) is 2. The first-order valence-electron chi connectivity index (χ1n) is 10.9. The Bertz CT molecular complexity index is 1120. The third-order valence-corrected chi connectivity index (χ3v) is 5.71. The SMILES string of the molecule is CCOc1cc(CNc2ccc(NC(=O)C(C)C)cc2)c(Cl)cc1OCc1c(F)cccc1Cl. The van der Waals surface area contributed by atoms with Crippen molar-refractivity contribution in [2.24, 2.45) is 5.92 Å². The molecule has 0 spiro atoms. The van der Waals surface area contributed by atoms with Crippen molar-refractivity contribution < 1.29 is 18.7 Å². The second-order valence-corrected chi connectivity index (χ2v) is 8.70. The van der Waals surface area contributed by atoms with Gasteiger partial charge in [0.2, 0.25) is 5.91 Å². The van der Waals surface area contributed by atoms with E-state index in [1.54, 1.807) is 24.3 Å². The van der Waals surface area contributed by atoms with Crippen LogP contribution in [0.15, 0.2) is 54.6 Å². The molecule has 2 N–H and O–H groups in total. The maximum absolute atomic E-state index is 14.1. The van der Waals surface area contributed by atoms with E-state index in [2.05, 4.69) is 10.6 Å². The van der Waals surface area contributed by atoms with E-state index in [1.807, 2.05) is 45.0 Å². The summed E-state index contributed by atoms with van der Waals surface area (Å²) in [6, 6.07) is 15.4. The summed E-state index contributed by atoms with van der Waals surface area (Å²) in [4.78, 5) is 11.8. The van der Waals surface area contributed by atoms with E-state index < -0.39 is 5.82 Å². The Morgan fingerprint density at radius 3 is 2.29 bits per heavy atom. The first kappa shape index (κ1) is 25.7. The molecule has 1 amide bonds. The molecular formula is C26H27Cl2FN2O3. The summed E-state index contributed by atoms with van der Waals surface area (Å²) in [5, 5.41) is 6.94. The zero-order chi connectivity index (χ0) is 24.7. The van der Waals surface area contributed by atoms with Gasteiger partial charge in [0.05, 0.1) is 11.6 Å². The normalized spacial score (nSPS) is 10.8. The van der Waals surface area contributed by atoms with Crippen LogP contribution in [0.4, 0.5) is 15.8 Å². The van der Waals surface area contributed by atoms with Gasteiger partial charge in [0, 0.05) is 40.5 Å². The lowest BCUT2D eigenvalue weighted by molar-refractivity contribution is -0.118. The Morgan fingerprint density at radius 2 is 1.65 bits per heavy atom. The number of rotatable bonds is 10. The predicted octanol–water partition coefficient (Wildman–Crippen LogP) is 7.32. The maximum Gasteiger partial charge on any atom is 0.226 e. The van der Waals surface area contributed by atoms with Gasteiger partial charge >= 0.3 is 0 Å². The Labute approximate surface area is 209 Å². The van der Waals surface area contributed by atoms with Gasteiger partial charge in [-0.15, -0.1) is 0 Å². The van der Waals surface area contributed by atoms with E-state index >= 15 is 0 Å². The fourth-order valence-electron chi connectivity index (χ4n) is 3.07. The number of benzene rings is 3. The molecule has 3 aromatic rings. The van der Waals surface area contributed by atoms with Crippen LogP contribution in [0.1, 0.15) is 31.9 Å². The van der Waals surface area contributed by atoms with Crippen LogP contribution in [-0.2, 0) is 17.9 Å². The van der Waals surface area contributed by atoms with Gasteiger partial charge in [-0.1, -0.05) is 43.1 Å². The van der Waals surface area contributed by atoms with Crippen molar-refractivity contribution in [3.8, 4) is 11.5 Å². The van der Waals surface area contributed by atoms with Gasteiger partial charge in [-0.25, -0.2) is 4.39 Å². The summed E-state index contributed by atoms with van der Waals surface area (Å²) in [5.41, 5.74) is 2.67. The molecule has 3 rings (SSSR count). The first-order valence-corrected chi connectivity index (χ1v) is 11.7. The molecule has 0 unspecified atom stereocenters. The van der Waals surface area contributed by atoms with Crippen molar-refractivity contribution >= 4 is 40.5 Å². The third kappa shape index (κ3) is 6.78.